The lowest BCUT2D eigenvalue weighted by atomic mass is 10.1. The predicted octanol–water partition coefficient (Wildman–Crippen LogP) is 3.61. The summed E-state index contributed by atoms with van der Waals surface area (Å²) in [6.45, 7) is 9.04. The first-order valence-corrected chi connectivity index (χ1v) is 8.55. The Morgan fingerprint density at radius 3 is 2.81 bits per heavy atom. The number of amides is 1. The molecule has 0 saturated carbocycles. The third-order valence-corrected chi connectivity index (χ3v) is 4.77. The Bertz CT molecular complexity index is 496. The van der Waals surface area contributed by atoms with E-state index in [1.54, 1.807) is 0 Å². The second-order valence-electron chi connectivity index (χ2n) is 6.36. The number of nitrogens with one attached hydrogen (secondary N) is 1. The molecule has 1 aromatic rings. The van der Waals surface area contributed by atoms with Crippen molar-refractivity contribution in [3.05, 3.63) is 33.8 Å². The highest BCUT2D eigenvalue weighted by molar-refractivity contribution is 9.10. The molecule has 1 unspecified atom stereocenters. The Morgan fingerprint density at radius 2 is 2.24 bits per heavy atom. The summed E-state index contributed by atoms with van der Waals surface area (Å²) in [7, 11) is 0. The van der Waals surface area contributed by atoms with E-state index in [1.165, 1.54) is 12.8 Å². The van der Waals surface area contributed by atoms with E-state index >= 15 is 0 Å². The van der Waals surface area contributed by atoms with Gasteiger partial charge < -0.3 is 10.2 Å². The van der Waals surface area contributed by atoms with Gasteiger partial charge in [-0.15, -0.1) is 0 Å². The zero-order valence-corrected chi connectivity index (χ0v) is 14.7. The molecule has 1 amide bonds. The van der Waals surface area contributed by atoms with Crippen molar-refractivity contribution in [3.8, 4) is 0 Å². The quantitative estimate of drug-likeness (QED) is 0.877. The van der Waals surface area contributed by atoms with Crippen molar-refractivity contribution in [2.75, 3.05) is 19.6 Å². The maximum atomic E-state index is 12.8. The van der Waals surface area contributed by atoms with E-state index in [0.717, 1.165) is 35.2 Å². The van der Waals surface area contributed by atoms with E-state index in [1.807, 2.05) is 30.0 Å². The average Bonchev–Trinajstić information content (AvgIpc) is 2.93. The van der Waals surface area contributed by atoms with Gasteiger partial charge in [0.2, 0.25) is 0 Å². The van der Waals surface area contributed by atoms with Gasteiger partial charge in [0.25, 0.3) is 5.91 Å². The molecule has 1 heterocycles. The second kappa shape index (κ2) is 7.41. The van der Waals surface area contributed by atoms with Crippen molar-refractivity contribution in [2.45, 2.75) is 39.7 Å². The fourth-order valence-corrected chi connectivity index (χ4v) is 3.07. The van der Waals surface area contributed by atoms with Crippen molar-refractivity contribution in [1.29, 1.82) is 0 Å². The number of nitrogens with zero attached hydrogens (tertiary/aromatic N) is 1. The van der Waals surface area contributed by atoms with Crippen LogP contribution in [-0.2, 0) is 0 Å². The van der Waals surface area contributed by atoms with Gasteiger partial charge >= 0.3 is 0 Å². The molecule has 1 aromatic carbocycles. The first-order chi connectivity index (χ1) is 9.97. The summed E-state index contributed by atoms with van der Waals surface area (Å²) < 4.78 is 1.05. The summed E-state index contributed by atoms with van der Waals surface area (Å²) in [5.41, 5.74) is 1.89. The lowest BCUT2D eigenvalue weighted by Crippen LogP contribution is -2.42. The van der Waals surface area contributed by atoms with Crippen LogP contribution in [0, 0.1) is 12.8 Å². The number of aryl methyl sites for hydroxylation is 1. The first-order valence-electron chi connectivity index (χ1n) is 7.76. The summed E-state index contributed by atoms with van der Waals surface area (Å²) in [4.78, 5) is 14.8. The zero-order valence-electron chi connectivity index (χ0n) is 13.2. The Labute approximate surface area is 136 Å². The monoisotopic (exact) mass is 352 g/mol. The molecule has 0 spiro atoms. The average molecular weight is 353 g/mol. The van der Waals surface area contributed by atoms with Crippen molar-refractivity contribution in [3.63, 3.8) is 0 Å². The SMILES string of the molecule is Cc1cc(C(=O)N(CC(C)C)CC2CCCN2)ccc1Br. The highest BCUT2D eigenvalue weighted by Gasteiger charge is 2.23. The van der Waals surface area contributed by atoms with E-state index in [2.05, 4.69) is 35.1 Å². The van der Waals surface area contributed by atoms with Crippen molar-refractivity contribution in [2.24, 2.45) is 5.92 Å². The number of benzene rings is 1. The van der Waals surface area contributed by atoms with E-state index in [9.17, 15) is 4.79 Å². The molecule has 1 fully saturated rings. The van der Waals surface area contributed by atoms with Gasteiger partial charge in [0.1, 0.15) is 0 Å². The number of hydrogen-bond acceptors (Lipinski definition) is 2. The van der Waals surface area contributed by atoms with Crippen LogP contribution in [0.2, 0.25) is 0 Å². The highest BCUT2D eigenvalue weighted by Crippen LogP contribution is 2.19. The van der Waals surface area contributed by atoms with Crippen LogP contribution < -0.4 is 5.32 Å². The lowest BCUT2D eigenvalue weighted by molar-refractivity contribution is 0.0721. The molecule has 2 rings (SSSR count). The van der Waals surface area contributed by atoms with Crippen molar-refractivity contribution >= 4 is 21.8 Å². The molecule has 0 aromatic heterocycles. The molecule has 0 bridgehead atoms. The Kier molecular flexibility index (Phi) is 5.82. The minimum atomic E-state index is 0.146. The molecular formula is C17H25BrN2O. The number of carbonyl (C=O) groups is 1. The molecule has 3 nitrogen and oxygen atoms in total. The summed E-state index contributed by atoms with van der Waals surface area (Å²) in [5, 5.41) is 3.49. The van der Waals surface area contributed by atoms with Gasteiger partial charge in [-0.1, -0.05) is 29.8 Å². The minimum absolute atomic E-state index is 0.146. The molecular weight excluding hydrogens is 328 g/mol. The molecule has 1 aliphatic rings. The van der Waals surface area contributed by atoms with Gasteiger partial charge in [-0.05, 0) is 56.0 Å². The Morgan fingerprint density at radius 1 is 1.48 bits per heavy atom. The normalized spacial score (nSPS) is 18.2. The maximum absolute atomic E-state index is 12.8. The minimum Gasteiger partial charge on any atom is -0.337 e. The van der Waals surface area contributed by atoms with Crippen LogP contribution in [-0.4, -0.2) is 36.5 Å². The molecule has 0 aliphatic carbocycles. The van der Waals surface area contributed by atoms with Crippen molar-refractivity contribution < 1.29 is 4.79 Å². The molecule has 0 radical (unpaired) electrons. The van der Waals surface area contributed by atoms with Crippen LogP contribution in [0.5, 0.6) is 0 Å². The van der Waals surface area contributed by atoms with Crippen LogP contribution in [0.3, 0.4) is 0 Å². The molecule has 116 valence electrons. The van der Waals surface area contributed by atoms with E-state index in [-0.39, 0.29) is 5.91 Å². The van der Waals surface area contributed by atoms with E-state index in [4.69, 9.17) is 0 Å². The standard InChI is InChI=1S/C17H25BrN2O/c1-12(2)10-20(11-15-5-4-8-19-15)17(21)14-6-7-16(18)13(3)9-14/h6-7,9,12,15,19H,4-5,8,10-11H2,1-3H3. The van der Waals surface area contributed by atoms with E-state index in [0.29, 0.717) is 12.0 Å². The number of hydrogen-bond donors (Lipinski definition) is 1. The Hall–Kier alpha value is -0.870. The molecule has 21 heavy (non-hydrogen) atoms. The first kappa shape index (κ1) is 16.5. The molecule has 1 aliphatic heterocycles. The molecule has 1 saturated heterocycles. The number of carbonyl (C=O) groups excluding carboxylic acids is 1. The summed E-state index contributed by atoms with van der Waals surface area (Å²) in [6.07, 6.45) is 2.38. The van der Waals surface area contributed by atoms with E-state index < -0.39 is 0 Å². The van der Waals surface area contributed by atoms with Gasteiger partial charge in [-0.25, -0.2) is 0 Å². The smallest absolute Gasteiger partial charge is 0.253 e. The van der Waals surface area contributed by atoms with Gasteiger partial charge in [0.05, 0.1) is 0 Å². The van der Waals surface area contributed by atoms with Gasteiger partial charge in [0.15, 0.2) is 0 Å². The van der Waals surface area contributed by atoms with Crippen LogP contribution >= 0.6 is 15.9 Å². The maximum Gasteiger partial charge on any atom is 0.253 e. The van der Waals surface area contributed by atoms with Gasteiger partial charge in [0, 0.05) is 29.2 Å². The van der Waals surface area contributed by atoms with Crippen LogP contribution in [0.15, 0.2) is 22.7 Å². The zero-order chi connectivity index (χ0) is 15.4. The topological polar surface area (TPSA) is 32.3 Å². The summed E-state index contributed by atoms with van der Waals surface area (Å²) in [6, 6.07) is 6.30. The second-order valence-corrected chi connectivity index (χ2v) is 7.22. The third kappa shape index (κ3) is 4.55. The summed E-state index contributed by atoms with van der Waals surface area (Å²) in [5.74, 6) is 0.625. The Balaban J connectivity index is 2.13. The number of halogens is 1. The lowest BCUT2D eigenvalue weighted by Gasteiger charge is -2.28. The summed E-state index contributed by atoms with van der Waals surface area (Å²) >= 11 is 3.49. The van der Waals surface area contributed by atoms with Gasteiger partial charge in [-0.2, -0.15) is 0 Å². The predicted molar refractivity (Wildman–Crippen MR) is 90.6 cm³/mol. The number of rotatable bonds is 5. The molecule has 1 N–H and O–H groups in total. The van der Waals surface area contributed by atoms with Crippen LogP contribution in [0.4, 0.5) is 0 Å². The third-order valence-electron chi connectivity index (χ3n) is 3.88. The highest BCUT2D eigenvalue weighted by atomic mass is 79.9. The van der Waals surface area contributed by atoms with Crippen LogP contribution in [0.25, 0.3) is 0 Å². The molecule has 4 heteroatoms. The fraction of sp³-hybridized carbons (Fsp3) is 0.588. The van der Waals surface area contributed by atoms with Crippen LogP contribution in [0.1, 0.15) is 42.6 Å². The fourth-order valence-electron chi connectivity index (χ4n) is 2.82. The van der Waals surface area contributed by atoms with Crippen molar-refractivity contribution in [1.82, 2.24) is 10.2 Å². The largest absolute Gasteiger partial charge is 0.337 e. The molecule has 1 atom stereocenters. The van der Waals surface area contributed by atoms with Gasteiger partial charge in [-0.3, -0.25) is 4.79 Å².